The van der Waals surface area contributed by atoms with Gasteiger partial charge in [0.05, 0.1) is 17.9 Å². The quantitative estimate of drug-likeness (QED) is 0.231. The molecular weight excluding hydrogens is 674 g/mol. The minimum Gasteiger partial charge on any atom is -0.481 e. The molecule has 0 heterocycles. The first-order valence-electron chi connectivity index (χ1n) is 20.0. The van der Waals surface area contributed by atoms with Crippen molar-refractivity contribution < 1.29 is 29.3 Å². The fourth-order valence-corrected chi connectivity index (χ4v) is 13.1. The van der Waals surface area contributed by atoms with Crippen LogP contribution in [0.4, 0.5) is 0 Å². The van der Waals surface area contributed by atoms with Crippen molar-refractivity contribution in [2.24, 2.45) is 56.7 Å². The van der Waals surface area contributed by atoms with E-state index in [1.807, 2.05) is 24.3 Å². The maximum Gasteiger partial charge on any atom is 0.309 e. The number of aliphatic carboxylic acids is 1. The van der Waals surface area contributed by atoms with Gasteiger partial charge in [0, 0.05) is 29.9 Å². The summed E-state index contributed by atoms with van der Waals surface area (Å²) >= 11 is 6.14. The Morgan fingerprint density at radius 1 is 1.00 bits per heavy atom. The SMILES string of the molecule is CC(C)C1=C2[C@H]3CC[C@@H]4[C@@]5(C)CC[C@H](OC(=O)CC(C)(C)C(=O)O)[C@H](C)[C@@H]5CC[C@@]4(C)[C@]3(C)CC[C@@]2([C@H](O)CN(C)Cc2ccc(Cl)cc2)CC1=O. The number of carbonyl (C=O) groups excluding carboxylic acids is 2. The van der Waals surface area contributed by atoms with E-state index in [2.05, 4.69) is 53.5 Å². The summed E-state index contributed by atoms with van der Waals surface area (Å²) in [6.45, 7) is 18.5. The molecule has 0 aromatic heterocycles. The minimum absolute atomic E-state index is 0.00259. The Kier molecular flexibility index (Phi) is 10.5. The summed E-state index contributed by atoms with van der Waals surface area (Å²) in [7, 11) is 2.06. The van der Waals surface area contributed by atoms with Gasteiger partial charge in [0.1, 0.15) is 6.10 Å². The maximum absolute atomic E-state index is 14.1. The van der Waals surface area contributed by atoms with E-state index in [9.17, 15) is 24.6 Å². The monoisotopic (exact) mass is 737 g/mol. The molecule has 1 aromatic carbocycles. The second-order valence-corrected chi connectivity index (χ2v) is 20.0. The summed E-state index contributed by atoms with van der Waals surface area (Å²) in [5, 5.41) is 22.6. The molecule has 5 aliphatic rings. The average Bonchev–Trinajstić information content (AvgIpc) is 3.37. The molecule has 2 N–H and O–H groups in total. The lowest BCUT2D eigenvalue weighted by Gasteiger charge is -2.71. The van der Waals surface area contributed by atoms with Crippen molar-refractivity contribution in [1.82, 2.24) is 4.90 Å². The van der Waals surface area contributed by atoms with Crippen molar-refractivity contribution in [3.05, 3.63) is 46.0 Å². The van der Waals surface area contributed by atoms with Crippen LogP contribution in [-0.2, 0) is 25.7 Å². The van der Waals surface area contributed by atoms with Gasteiger partial charge in [-0.15, -0.1) is 0 Å². The van der Waals surface area contributed by atoms with E-state index in [1.165, 1.54) is 5.57 Å². The van der Waals surface area contributed by atoms with E-state index in [1.54, 1.807) is 13.8 Å². The molecule has 7 nitrogen and oxygen atoms in total. The maximum atomic E-state index is 14.1. The van der Waals surface area contributed by atoms with Crippen LogP contribution in [0.1, 0.15) is 125 Å². The number of aliphatic hydroxyl groups excluding tert-OH is 1. The molecule has 0 unspecified atom stereocenters. The van der Waals surface area contributed by atoms with Gasteiger partial charge in [-0.25, -0.2) is 0 Å². The molecule has 8 heteroatoms. The van der Waals surface area contributed by atoms with E-state index < -0.39 is 28.9 Å². The Labute approximate surface area is 317 Å². The van der Waals surface area contributed by atoms with Gasteiger partial charge in [-0.1, -0.05) is 70.8 Å². The predicted octanol–water partition coefficient (Wildman–Crippen LogP) is 9.14. The average molecular weight is 738 g/mol. The third-order valence-corrected chi connectivity index (χ3v) is 16.2. The number of carbonyl (C=O) groups is 3. The van der Waals surface area contributed by atoms with E-state index >= 15 is 0 Å². The highest BCUT2D eigenvalue weighted by atomic mass is 35.5. The van der Waals surface area contributed by atoms with Crippen LogP contribution in [0.3, 0.4) is 0 Å². The minimum atomic E-state index is -1.15. The summed E-state index contributed by atoms with van der Waals surface area (Å²) in [5.74, 6) is 0.346. The van der Waals surface area contributed by atoms with Gasteiger partial charge < -0.3 is 14.9 Å². The van der Waals surface area contributed by atoms with Gasteiger partial charge >= 0.3 is 11.9 Å². The van der Waals surface area contributed by atoms with Crippen molar-refractivity contribution in [2.75, 3.05) is 13.6 Å². The van der Waals surface area contributed by atoms with Crippen LogP contribution in [-0.4, -0.2) is 58.6 Å². The first-order chi connectivity index (χ1) is 24.2. The van der Waals surface area contributed by atoms with Crippen molar-refractivity contribution in [3.8, 4) is 0 Å². The molecule has 288 valence electrons. The van der Waals surface area contributed by atoms with Crippen molar-refractivity contribution in [1.29, 1.82) is 0 Å². The predicted molar refractivity (Wildman–Crippen MR) is 205 cm³/mol. The summed E-state index contributed by atoms with van der Waals surface area (Å²) in [6, 6.07) is 7.89. The third-order valence-electron chi connectivity index (χ3n) is 15.9. The number of ketones is 1. The number of hydrogen-bond acceptors (Lipinski definition) is 6. The van der Waals surface area contributed by atoms with Crippen molar-refractivity contribution in [2.45, 2.75) is 138 Å². The van der Waals surface area contributed by atoms with Gasteiger partial charge in [0.15, 0.2) is 5.78 Å². The number of carboxylic acid groups (broad SMARTS) is 1. The van der Waals surface area contributed by atoms with Gasteiger partial charge in [-0.05, 0) is 141 Å². The number of fused-ring (bicyclic) bond motifs is 7. The Balaban J connectivity index is 1.25. The summed E-state index contributed by atoms with van der Waals surface area (Å²) in [4.78, 5) is 40.9. The number of rotatable bonds is 10. The third kappa shape index (κ3) is 6.30. The number of allylic oxidation sites excluding steroid dienone is 1. The highest BCUT2D eigenvalue weighted by Crippen LogP contribution is 2.76. The first kappa shape index (κ1) is 39.5. The molecular formula is C44H64ClNO6. The summed E-state index contributed by atoms with van der Waals surface area (Å²) < 4.78 is 6.07. The first-order valence-corrected chi connectivity index (χ1v) is 20.4. The molecule has 5 aliphatic carbocycles. The topological polar surface area (TPSA) is 104 Å². The zero-order chi connectivity index (χ0) is 38.2. The van der Waals surface area contributed by atoms with E-state index in [0.29, 0.717) is 36.4 Å². The number of carboxylic acids is 1. The zero-order valence-corrected chi connectivity index (χ0v) is 33.9. The number of halogens is 1. The van der Waals surface area contributed by atoms with Crippen LogP contribution >= 0.6 is 11.6 Å². The summed E-state index contributed by atoms with van der Waals surface area (Å²) in [6.07, 6.45) is 7.38. The van der Waals surface area contributed by atoms with Crippen LogP contribution in [0.5, 0.6) is 0 Å². The lowest BCUT2D eigenvalue weighted by molar-refractivity contribution is -0.218. The number of Topliss-reactive ketones (excluding diaryl/α,β-unsaturated/α-hetero) is 1. The van der Waals surface area contributed by atoms with Crippen LogP contribution in [0.15, 0.2) is 35.4 Å². The molecule has 0 saturated heterocycles. The number of nitrogens with zero attached hydrogens (tertiary/aromatic N) is 1. The molecule has 52 heavy (non-hydrogen) atoms. The largest absolute Gasteiger partial charge is 0.481 e. The molecule has 4 saturated carbocycles. The number of aliphatic hydroxyl groups is 1. The van der Waals surface area contributed by atoms with Gasteiger partial charge in [-0.2, -0.15) is 0 Å². The number of benzene rings is 1. The Morgan fingerprint density at radius 2 is 1.67 bits per heavy atom. The fourth-order valence-electron chi connectivity index (χ4n) is 12.9. The normalized spacial score (nSPS) is 38.0. The van der Waals surface area contributed by atoms with Crippen LogP contribution in [0, 0.1) is 56.7 Å². The van der Waals surface area contributed by atoms with Crippen LogP contribution in [0.25, 0.3) is 0 Å². The van der Waals surface area contributed by atoms with Gasteiger partial charge in [0.25, 0.3) is 0 Å². The Morgan fingerprint density at radius 3 is 2.31 bits per heavy atom. The van der Waals surface area contributed by atoms with Gasteiger partial charge in [0.2, 0.25) is 0 Å². The van der Waals surface area contributed by atoms with E-state index in [-0.39, 0.29) is 52.3 Å². The number of likely N-dealkylation sites (N-methyl/N-ethyl adjacent to an activating group) is 1. The number of esters is 1. The lowest BCUT2D eigenvalue weighted by Crippen LogP contribution is -2.65. The second-order valence-electron chi connectivity index (χ2n) is 19.5. The zero-order valence-electron chi connectivity index (χ0n) is 33.2. The fraction of sp³-hybridized carbons (Fsp3) is 0.750. The van der Waals surface area contributed by atoms with Crippen molar-refractivity contribution in [3.63, 3.8) is 0 Å². The lowest BCUT2D eigenvalue weighted by atomic mass is 9.34. The smallest absolute Gasteiger partial charge is 0.309 e. The van der Waals surface area contributed by atoms with E-state index in [4.69, 9.17) is 16.3 Å². The Bertz CT molecular complexity index is 1600. The summed E-state index contributed by atoms with van der Waals surface area (Å²) in [5.41, 5.74) is 1.94. The van der Waals surface area contributed by atoms with Crippen molar-refractivity contribution >= 4 is 29.3 Å². The number of hydrogen-bond donors (Lipinski definition) is 2. The molecule has 0 aliphatic heterocycles. The number of ether oxygens (including phenoxy) is 1. The highest BCUT2D eigenvalue weighted by Gasteiger charge is 2.69. The molecule has 0 amide bonds. The Hall–Kier alpha value is -2.22. The second kappa shape index (κ2) is 13.8. The van der Waals surface area contributed by atoms with Crippen LogP contribution in [0.2, 0.25) is 5.02 Å². The van der Waals surface area contributed by atoms with Crippen LogP contribution < -0.4 is 0 Å². The van der Waals surface area contributed by atoms with Gasteiger partial charge in [-0.3, -0.25) is 19.3 Å². The standard InChI is InChI=1S/C44H64ClNO6/c1-26(2)37-32(47)22-44(35(48)25-46(9)24-28-10-12-29(45)13-11-28)21-20-42(7)31(38(37)44)14-15-34-41(6)18-17-33(27(3)30(41)16-19-43(34,42)8)52-36(49)23-40(4,5)39(50)51/h10-13,26-27,30-31,33-35,48H,14-25H2,1-9H3,(H,50,51)/t27-,30+,31-,33+,34-,35-,41+,42-,43-,44+/m1/s1. The molecule has 10 atom stereocenters. The molecule has 0 bridgehead atoms. The molecule has 0 spiro atoms. The molecule has 6 rings (SSSR count). The molecule has 0 radical (unpaired) electrons. The molecule has 1 aromatic rings. The molecule has 4 fully saturated rings. The highest BCUT2D eigenvalue weighted by molar-refractivity contribution is 6.30. The van der Waals surface area contributed by atoms with E-state index in [0.717, 1.165) is 62.5 Å².